The molecule has 0 bridgehead atoms. The van der Waals surface area contributed by atoms with Gasteiger partial charge in [0.05, 0.1) is 42.3 Å². The van der Waals surface area contributed by atoms with Gasteiger partial charge in [-0.1, -0.05) is 5.22 Å². The predicted molar refractivity (Wildman–Crippen MR) is 245 cm³/mol. The van der Waals surface area contributed by atoms with Crippen LogP contribution in [-0.2, 0) is 64.5 Å². The molecule has 0 radical (unpaired) electrons. The van der Waals surface area contributed by atoms with Crippen molar-refractivity contribution >= 4 is 74.0 Å². The van der Waals surface area contributed by atoms with Crippen molar-refractivity contribution in [2.24, 2.45) is 30.8 Å². The van der Waals surface area contributed by atoms with Crippen LogP contribution in [0.3, 0.4) is 0 Å². The van der Waals surface area contributed by atoms with Crippen molar-refractivity contribution in [2.75, 3.05) is 5.43 Å². The van der Waals surface area contributed by atoms with Crippen LogP contribution >= 0.6 is 0 Å². The van der Waals surface area contributed by atoms with Crippen molar-refractivity contribution < 1.29 is 112 Å². The molecule has 6 aromatic rings. The van der Waals surface area contributed by atoms with Crippen LogP contribution in [0.25, 0.3) is 0 Å². The van der Waals surface area contributed by atoms with Crippen LogP contribution in [-0.4, -0.2) is 51.9 Å². The van der Waals surface area contributed by atoms with Gasteiger partial charge in [0.15, 0.2) is 11.4 Å². The van der Waals surface area contributed by atoms with E-state index >= 15 is 0 Å². The number of nitrogens with zero attached hydrogens (tertiary/aromatic N) is 8. The van der Waals surface area contributed by atoms with Gasteiger partial charge < -0.3 is 19.3 Å². The summed E-state index contributed by atoms with van der Waals surface area (Å²) in [6.45, 7) is 5.37. The third kappa shape index (κ3) is 13.6. The van der Waals surface area contributed by atoms with E-state index in [0.717, 1.165) is 9.13 Å². The SMILES string of the molecule is CCn1c([O-])c(CS(=O)(=O)O)c(C)c(N=Nc2ccc(S(=O)(=O)c3ccc(N=NNc4ccc(S(=O)(=O)c5ccc(N=Nc6c(C)c(CS(=O)(=O)O)c([O-])n(CC)c6=O)cc5)cc4)cc3)cc2)c1=O.[Na+].[Na+]. The van der Waals surface area contributed by atoms with Crippen LogP contribution in [0.2, 0.25) is 0 Å². The normalized spacial score (nSPS) is 12.3. The molecule has 0 saturated heterocycles. The van der Waals surface area contributed by atoms with Gasteiger partial charge in [-0.3, -0.25) is 24.1 Å². The Morgan fingerprint density at radius 3 is 1.08 bits per heavy atom. The molecule has 0 aliphatic heterocycles. The van der Waals surface area contributed by atoms with E-state index in [1.807, 2.05) is 0 Å². The summed E-state index contributed by atoms with van der Waals surface area (Å²) in [5, 5.41) is 49.0. The summed E-state index contributed by atoms with van der Waals surface area (Å²) in [7, 11) is -17.3. The van der Waals surface area contributed by atoms with E-state index in [1.54, 1.807) is 0 Å². The van der Waals surface area contributed by atoms with Crippen LogP contribution in [0.4, 0.5) is 34.1 Å². The fraction of sp³-hybridized carbons (Fsp3) is 0.190. The molecule has 23 nitrogen and oxygen atoms in total. The average molecular weight is 1070 g/mol. The van der Waals surface area contributed by atoms with Gasteiger partial charge in [0.25, 0.3) is 31.4 Å². The largest absolute Gasteiger partial charge is 1.00 e. The number of hydrogen-bond acceptors (Lipinski definition) is 18. The summed E-state index contributed by atoms with van der Waals surface area (Å²) in [4.78, 5) is 25.4. The molecule has 0 atom stereocenters. The maximum Gasteiger partial charge on any atom is 1.00 e. The molecule has 29 heteroatoms. The smallest absolute Gasteiger partial charge is 0.860 e. The number of nitrogens with one attached hydrogen (secondary N) is 1. The quantitative estimate of drug-likeness (QED) is 0.0476. The minimum Gasteiger partial charge on any atom is -0.860 e. The van der Waals surface area contributed by atoms with E-state index in [4.69, 9.17) is 0 Å². The molecule has 0 aliphatic rings. The third-order valence-corrected chi connectivity index (χ3v) is 15.2. The first-order chi connectivity index (χ1) is 32.4. The molecule has 3 N–H and O–H groups in total. The maximum atomic E-state index is 13.4. The first-order valence-corrected chi connectivity index (χ1v) is 26.2. The summed E-state index contributed by atoms with van der Waals surface area (Å²) in [6, 6.07) is 21.2. The number of azo groups is 2. The first kappa shape index (κ1) is 58.3. The van der Waals surface area contributed by atoms with Crippen LogP contribution in [0.5, 0.6) is 11.8 Å². The van der Waals surface area contributed by atoms with E-state index < -0.39 is 74.3 Å². The Morgan fingerprint density at radius 2 is 0.789 bits per heavy atom. The van der Waals surface area contributed by atoms with Gasteiger partial charge in [-0.15, -0.1) is 15.3 Å². The number of hydrogen-bond donors (Lipinski definition) is 3. The Labute approximate surface area is 451 Å². The molecular formula is C42H39N9Na2O14S4. The standard InChI is InChI=1S/C42H41N9O14S4.2Na/c1-5-50-39(52)35(23-66(56,57)58)25(3)37(41(50)54)47-43-27-7-15-31(16-8-27)68(62,63)33-19-11-29(12-20-33)45-49-46-30-13-21-34(22-14-30)69(64,65)32-17-9-28(10-18-32)44-48-38-26(4)36(24-67(59,60)61)40(53)51(6-2)42(38)55;;/h7-22,52-53H,5-6,23-24H2,1-4H3,(H,45,46)(H,56,57,58)(H,59,60,61);;/q;2*+1/p-2. The molecular weight excluding hydrogens is 1030 g/mol. The zero-order valence-electron chi connectivity index (χ0n) is 38.6. The van der Waals surface area contributed by atoms with Gasteiger partial charge in [-0.25, -0.2) is 16.8 Å². The molecule has 0 saturated carbocycles. The third-order valence-electron chi connectivity index (χ3n) is 10.3. The van der Waals surface area contributed by atoms with Crippen LogP contribution < -0.4 is 85.9 Å². The predicted octanol–water partition coefficient (Wildman–Crippen LogP) is 0.205. The molecule has 71 heavy (non-hydrogen) atoms. The minimum atomic E-state index is -4.62. The second kappa shape index (κ2) is 23.5. The number of anilines is 1. The van der Waals surface area contributed by atoms with Crippen LogP contribution in [0, 0.1) is 13.8 Å². The van der Waals surface area contributed by atoms with Gasteiger partial charge in [-0.05, 0) is 159 Å². The van der Waals surface area contributed by atoms with Gasteiger partial charge in [0.2, 0.25) is 19.7 Å². The summed E-state index contributed by atoms with van der Waals surface area (Å²) in [6.07, 6.45) is 0. The molecule has 0 aliphatic carbocycles. The molecule has 4 aromatic carbocycles. The van der Waals surface area contributed by atoms with Crippen molar-refractivity contribution in [1.29, 1.82) is 0 Å². The number of rotatable bonds is 17. The number of benzene rings is 4. The molecule has 2 aromatic heterocycles. The van der Waals surface area contributed by atoms with Gasteiger partial charge in [-0.2, -0.15) is 27.1 Å². The van der Waals surface area contributed by atoms with Crippen molar-refractivity contribution in [2.45, 2.75) is 71.9 Å². The Kier molecular flexibility index (Phi) is 19.3. The summed E-state index contributed by atoms with van der Waals surface area (Å²) >= 11 is 0. The summed E-state index contributed by atoms with van der Waals surface area (Å²) in [5.41, 5.74) is 0.356. The molecule has 0 fully saturated rings. The Balaban J connectivity index is 0.00000548. The van der Waals surface area contributed by atoms with Crippen LogP contribution in [0.15, 0.2) is 157 Å². The molecule has 362 valence electrons. The second-order valence-corrected chi connectivity index (χ2v) is 21.6. The van der Waals surface area contributed by atoms with Crippen molar-refractivity contribution in [3.63, 3.8) is 0 Å². The second-order valence-electron chi connectivity index (χ2n) is 14.8. The fourth-order valence-electron chi connectivity index (χ4n) is 6.62. The number of aromatic nitrogens is 2. The van der Waals surface area contributed by atoms with E-state index in [2.05, 4.69) is 36.2 Å². The van der Waals surface area contributed by atoms with E-state index in [-0.39, 0.29) is 142 Å². The zero-order valence-corrected chi connectivity index (χ0v) is 45.8. The van der Waals surface area contributed by atoms with E-state index in [0.29, 0.717) is 5.69 Å². The Bertz CT molecular complexity index is 3650. The van der Waals surface area contributed by atoms with Crippen molar-refractivity contribution in [3.05, 3.63) is 140 Å². The first-order valence-electron chi connectivity index (χ1n) is 20.0. The molecule has 0 unspecified atom stereocenters. The van der Waals surface area contributed by atoms with Gasteiger partial charge in [0, 0.05) is 13.1 Å². The van der Waals surface area contributed by atoms with E-state index in [1.165, 1.54) is 125 Å². The van der Waals surface area contributed by atoms with Crippen LogP contribution in [0.1, 0.15) is 36.1 Å². The maximum absolute atomic E-state index is 13.4. The molecule has 2 heterocycles. The Morgan fingerprint density at radius 1 is 0.493 bits per heavy atom. The minimum absolute atomic E-state index is 0. The molecule has 0 amide bonds. The Hall–Kier alpha value is -5.30. The fourth-order valence-corrected chi connectivity index (χ4v) is 10.6. The van der Waals surface area contributed by atoms with Crippen molar-refractivity contribution in [1.82, 2.24) is 9.13 Å². The number of pyridine rings is 2. The molecule has 6 rings (SSSR count). The summed E-state index contributed by atoms with van der Waals surface area (Å²) < 4.78 is 120. The van der Waals surface area contributed by atoms with E-state index in [9.17, 15) is 62.6 Å². The monoisotopic (exact) mass is 1070 g/mol. The average Bonchev–Trinajstić information content (AvgIpc) is 3.29. The van der Waals surface area contributed by atoms with Gasteiger partial charge in [0.1, 0.15) is 11.5 Å². The van der Waals surface area contributed by atoms with Crippen molar-refractivity contribution in [3.8, 4) is 11.8 Å². The number of sulfone groups is 2. The summed E-state index contributed by atoms with van der Waals surface area (Å²) in [5.74, 6) is -3.84. The zero-order chi connectivity index (χ0) is 50.6. The topological polar surface area (TPSA) is 353 Å². The van der Waals surface area contributed by atoms with Gasteiger partial charge >= 0.3 is 59.1 Å². The molecule has 0 spiro atoms.